The van der Waals surface area contributed by atoms with Crippen molar-refractivity contribution in [3.05, 3.63) is 0 Å². The van der Waals surface area contributed by atoms with E-state index in [2.05, 4.69) is 6.92 Å². The molecule has 138 valence electrons. The standard InChI is InChI=1S/C17H35NO5/c1-6-7-8-10-20-12-14-22-15-13-21-11-9-18(5)16(19)23-17(2,3)4/h6-15H2,1-5H3. The van der Waals surface area contributed by atoms with E-state index < -0.39 is 5.60 Å². The van der Waals surface area contributed by atoms with Crippen LogP contribution >= 0.6 is 0 Å². The Morgan fingerprint density at radius 3 is 1.91 bits per heavy atom. The highest BCUT2D eigenvalue weighted by atomic mass is 16.6. The second-order valence-corrected chi connectivity index (χ2v) is 6.45. The monoisotopic (exact) mass is 333 g/mol. The number of rotatable bonds is 13. The van der Waals surface area contributed by atoms with Gasteiger partial charge in [-0.1, -0.05) is 19.8 Å². The van der Waals surface area contributed by atoms with Crippen molar-refractivity contribution >= 4 is 6.09 Å². The summed E-state index contributed by atoms with van der Waals surface area (Å²) >= 11 is 0. The van der Waals surface area contributed by atoms with Gasteiger partial charge in [-0.05, 0) is 27.2 Å². The molecule has 1 amide bonds. The molecule has 0 N–H and O–H groups in total. The first-order valence-electron chi connectivity index (χ1n) is 8.54. The van der Waals surface area contributed by atoms with Crippen LogP contribution in [-0.4, -0.2) is 69.8 Å². The Labute approximate surface area is 141 Å². The second kappa shape index (κ2) is 13.6. The van der Waals surface area contributed by atoms with Crippen molar-refractivity contribution in [2.45, 2.75) is 52.6 Å². The topological polar surface area (TPSA) is 57.2 Å². The van der Waals surface area contributed by atoms with Crippen LogP contribution in [0.5, 0.6) is 0 Å². The molecular formula is C17H35NO5. The second-order valence-electron chi connectivity index (χ2n) is 6.45. The molecule has 0 rings (SSSR count). The lowest BCUT2D eigenvalue weighted by atomic mass is 10.2. The minimum absolute atomic E-state index is 0.336. The van der Waals surface area contributed by atoms with Crippen LogP contribution in [0.1, 0.15) is 47.0 Å². The van der Waals surface area contributed by atoms with Gasteiger partial charge in [0.1, 0.15) is 5.60 Å². The maximum atomic E-state index is 11.7. The summed E-state index contributed by atoms with van der Waals surface area (Å²) in [6.45, 7) is 11.8. The summed E-state index contributed by atoms with van der Waals surface area (Å²) in [7, 11) is 1.70. The number of ether oxygens (including phenoxy) is 4. The zero-order valence-corrected chi connectivity index (χ0v) is 15.6. The van der Waals surface area contributed by atoms with Crippen LogP contribution in [-0.2, 0) is 18.9 Å². The van der Waals surface area contributed by atoms with Gasteiger partial charge in [0.05, 0.1) is 33.0 Å². The average Bonchev–Trinajstić information content (AvgIpc) is 2.46. The molecule has 0 spiro atoms. The smallest absolute Gasteiger partial charge is 0.410 e. The maximum absolute atomic E-state index is 11.7. The van der Waals surface area contributed by atoms with Crippen LogP contribution in [0.2, 0.25) is 0 Å². The fraction of sp³-hybridized carbons (Fsp3) is 0.941. The molecular weight excluding hydrogens is 298 g/mol. The summed E-state index contributed by atoms with van der Waals surface area (Å²) in [5, 5.41) is 0. The molecule has 0 saturated carbocycles. The molecule has 0 aromatic rings. The normalized spacial score (nSPS) is 11.5. The molecule has 6 heteroatoms. The van der Waals surface area contributed by atoms with Gasteiger partial charge in [-0.15, -0.1) is 0 Å². The Bertz CT molecular complexity index is 291. The summed E-state index contributed by atoms with van der Waals surface area (Å²) in [5.41, 5.74) is -0.474. The van der Waals surface area contributed by atoms with Gasteiger partial charge in [-0.3, -0.25) is 0 Å². The van der Waals surface area contributed by atoms with Gasteiger partial charge in [0.25, 0.3) is 0 Å². The van der Waals surface area contributed by atoms with Gasteiger partial charge < -0.3 is 23.8 Å². The Morgan fingerprint density at radius 1 is 0.870 bits per heavy atom. The van der Waals surface area contributed by atoms with Crippen molar-refractivity contribution in [3.63, 3.8) is 0 Å². The summed E-state index contributed by atoms with van der Waals surface area (Å²) < 4.78 is 21.5. The summed E-state index contributed by atoms with van der Waals surface area (Å²) in [5.74, 6) is 0. The molecule has 0 bridgehead atoms. The van der Waals surface area contributed by atoms with Gasteiger partial charge in [0.2, 0.25) is 0 Å². The molecule has 0 heterocycles. The number of unbranched alkanes of at least 4 members (excludes halogenated alkanes) is 2. The maximum Gasteiger partial charge on any atom is 0.410 e. The quantitative estimate of drug-likeness (QED) is 0.485. The van der Waals surface area contributed by atoms with Crippen molar-refractivity contribution in [2.24, 2.45) is 0 Å². The molecule has 0 radical (unpaired) electrons. The van der Waals surface area contributed by atoms with E-state index in [1.165, 1.54) is 17.7 Å². The van der Waals surface area contributed by atoms with Crippen molar-refractivity contribution in [1.29, 1.82) is 0 Å². The van der Waals surface area contributed by atoms with E-state index in [-0.39, 0.29) is 6.09 Å². The molecule has 0 aliphatic heterocycles. The third-order valence-electron chi connectivity index (χ3n) is 2.91. The zero-order valence-electron chi connectivity index (χ0n) is 15.6. The Hall–Kier alpha value is -0.850. The zero-order chi connectivity index (χ0) is 17.6. The molecule has 0 fully saturated rings. The lowest BCUT2D eigenvalue weighted by Crippen LogP contribution is -2.36. The Morgan fingerprint density at radius 2 is 1.39 bits per heavy atom. The lowest BCUT2D eigenvalue weighted by Gasteiger charge is -2.24. The van der Waals surface area contributed by atoms with E-state index in [1.807, 2.05) is 20.8 Å². The highest BCUT2D eigenvalue weighted by Crippen LogP contribution is 2.08. The summed E-state index contributed by atoms with van der Waals surface area (Å²) in [4.78, 5) is 13.2. The first-order valence-corrected chi connectivity index (χ1v) is 8.54. The van der Waals surface area contributed by atoms with E-state index in [4.69, 9.17) is 18.9 Å². The highest BCUT2D eigenvalue weighted by molar-refractivity contribution is 5.67. The minimum Gasteiger partial charge on any atom is -0.444 e. The molecule has 0 aromatic carbocycles. The fourth-order valence-electron chi connectivity index (χ4n) is 1.63. The third kappa shape index (κ3) is 15.8. The average molecular weight is 333 g/mol. The number of nitrogens with zero attached hydrogens (tertiary/aromatic N) is 1. The van der Waals surface area contributed by atoms with Gasteiger partial charge in [-0.25, -0.2) is 4.79 Å². The van der Waals surface area contributed by atoms with Gasteiger partial charge >= 0.3 is 6.09 Å². The third-order valence-corrected chi connectivity index (χ3v) is 2.91. The number of hydrogen-bond acceptors (Lipinski definition) is 5. The molecule has 0 aliphatic carbocycles. The Kier molecular flexibility index (Phi) is 13.1. The van der Waals surface area contributed by atoms with E-state index >= 15 is 0 Å². The van der Waals surface area contributed by atoms with Crippen LogP contribution in [0.25, 0.3) is 0 Å². The van der Waals surface area contributed by atoms with Gasteiger partial charge in [0, 0.05) is 20.2 Å². The van der Waals surface area contributed by atoms with E-state index in [9.17, 15) is 4.79 Å². The van der Waals surface area contributed by atoms with Crippen molar-refractivity contribution < 1.29 is 23.7 Å². The minimum atomic E-state index is -0.474. The molecule has 0 atom stereocenters. The molecule has 6 nitrogen and oxygen atoms in total. The first-order chi connectivity index (χ1) is 10.9. The van der Waals surface area contributed by atoms with Crippen LogP contribution < -0.4 is 0 Å². The number of carbonyl (C=O) groups is 1. The van der Waals surface area contributed by atoms with Crippen molar-refractivity contribution in [1.82, 2.24) is 4.90 Å². The SMILES string of the molecule is CCCCCOCCOCCOCCN(C)C(=O)OC(C)(C)C. The summed E-state index contributed by atoms with van der Waals surface area (Å²) in [6, 6.07) is 0. The fourth-order valence-corrected chi connectivity index (χ4v) is 1.63. The van der Waals surface area contributed by atoms with Gasteiger partial charge in [0.15, 0.2) is 0 Å². The number of amides is 1. The predicted octanol–water partition coefficient (Wildman–Crippen LogP) is 3.09. The summed E-state index contributed by atoms with van der Waals surface area (Å²) in [6.07, 6.45) is 3.20. The molecule has 0 saturated heterocycles. The van der Waals surface area contributed by atoms with Crippen LogP contribution in [0.15, 0.2) is 0 Å². The van der Waals surface area contributed by atoms with Crippen LogP contribution in [0, 0.1) is 0 Å². The molecule has 0 unspecified atom stereocenters. The van der Waals surface area contributed by atoms with E-state index in [0.29, 0.717) is 39.6 Å². The van der Waals surface area contributed by atoms with E-state index in [1.54, 1.807) is 7.05 Å². The van der Waals surface area contributed by atoms with Crippen molar-refractivity contribution in [2.75, 3.05) is 53.2 Å². The first kappa shape index (κ1) is 22.1. The van der Waals surface area contributed by atoms with Crippen LogP contribution in [0.4, 0.5) is 4.79 Å². The molecule has 0 aliphatic rings. The number of carbonyl (C=O) groups excluding carboxylic acids is 1. The largest absolute Gasteiger partial charge is 0.444 e. The number of likely N-dealkylation sites (N-methyl/N-ethyl adjacent to an activating group) is 1. The van der Waals surface area contributed by atoms with Crippen LogP contribution in [0.3, 0.4) is 0 Å². The molecule has 23 heavy (non-hydrogen) atoms. The highest BCUT2D eigenvalue weighted by Gasteiger charge is 2.19. The van der Waals surface area contributed by atoms with Gasteiger partial charge in [-0.2, -0.15) is 0 Å². The molecule has 0 aromatic heterocycles. The number of hydrogen-bond donors (Lipinski definition) is 0. The van der Waals surface area contributed by atoms with E-state index in [0.717, 1.165) is 13.0 Å². The Balaban J connectivity index is 3.34. The predicted molar refractivity (Wildman–Crippen MR) is 90.8 cm³/mol. The van der Waals surface area contributed by atoms with Crippen molar-refractivity contribution in [3.8, 4) is 0 Å². The lowest BCUT2D eigenvalue weighted by molar-refractivity contribution is 0.00446.